The minimum absolute atomic E-state index is 0.183. The summed E-state index contributed by atoms with van der Waals surface area (Å²) < 4.78 is 26.4. The molecule has 98 valence electrons. The van der Waals surface area contributed by atoms with Crippen molar-refractivity contribution >= 4 is 27.3 Å². The lowest BCUT2D eigenvalue weighted by atomic mass is 10.2. The van der Waals surface area contributed by atoms with Gasteiger partial charge in [-0.2, -0.15) is 0 Å². The second kappa shape index (κ2) is 5.26. The zero-order valence-electron chi connectivity index (χ0n) is 9.76. The van der Waals surface area contributed by atoms with Crippen LogP contribution in [0.2, 0.25) is 5.02 Å². The van der Waals surface area contributed by atoms with E-state index in [-0.39, 0.29) is 17.5 Å². The maximum absolute atomic E-state index is 11.9. The molecule has 1 atom stereocenters. The molecule has 1 N–H and O–H groups in total. The van der Waals surface area contributed by atoms with Crippen molar-refractivity contribution in [2.45, 2.75) is 24.3 Å². The first-order chi connectivity index (χ1) is 8.47. The normalized spacial score (nSPS) is 19.4. The van der Waals surface area contributed by atoms with Crippen LogP contribution in [0, 0.1) is 0 Å². The van der Waals surface area contributed by atoms with Crippen molar-refractivity contribution in [2.75, 3.05) is 6.54 Å². The SMILES string of the molecule is CC1=NO[C@H](CNS(=O)(=O)c2ccc(Cl)cc2)C1. The number of oxime groups is 1. The molecule has 1 aliphatic heterocycles. The van der Waals surface area contributed by atoms with Crippen LogP contribution in [-0.4, -0.2) is 26.8 Å². The van der Waals surface area contributed by atoms with Gasteiger partial charge in [0.1, 0.15) is 6.10 Å². The topological polar surface area (TPSA) is 67.8 Å². The third-order valence-electron chi connectivity index (χ3n) is 2.51. The van der Waals surface area contributed by atoms with Gasteiger partial charge in [0, 0.05) is 11.4 Å². The van der Waals surface area contributed by atoms with Gasteiger partial charge in [-0.15, -0.1) is 0 Å². The predicted octanol–water partition coefficient (Wildman–Crippen LogP) is 1.78. The van der Waals surface area contributed by atoms with E-state index in [9.17, 15) is 8.42 Å². The van der Waals surface area contributed by atoms with E-state index in [0.717, 1.165) is 5.71 Å². The molecule has 0 radical (unpaired) electrons. The Labute approximate surface area is 111 Å². The summed E-state index contributed by atoms with van der Waals surface area (Å²) >= 11 is 5.71. The summed E-state index contributed by atoms with van der Waals surface area (Å²) in [6.07, 6.45) is 0.412. The number of rotatable bonds is 4. The fourth-order valence-electron chi connectivity index (χ4n) is 1.58. The highest BCUT2D eigenvalue weighted by Crippen LogP contribution is 2.15. The number of hydrogen-bond acceptors (Lipinski definition) is 4. The fraction of sp³-hybridized carbons (Fsp3) is 0.364. The Balaban J connectivity index is 1.98. The lowest BCUT2D eigenvalue weighted by Crippen LogP contribution is -2.32. The third kappa shape index (κ3) is 3.22. The largest absolute Gasteiger partial charge is 0.391 e. The maximum atomic E-state index is 11.9. The van der Waals surface area contributed by atoms with Crippen molar-refractivity contribution in [3.05, 3.63) is 29.3 Å². The monoisotopic (exact) mass is 288 g/mol. The van der Waals surface area contributed by atoms with Crippen LogP contribution in [-0.2, 0) is 14.9 Å². The van der Waals surface area contributed by atoms with E-state index in [1.807, 2.05) is 6.92 Å². The Morgan fingerprint density at radius 3 is 2.67 bits per heavy atom. The van der Waals surface area contributed by atoms with Gasteiger partial charge in [0.05, 0.1) is 17.2 Å². The molecule has 18 heavy (non-hydrogen) atoms. The van der Waals surface area contributed by atoms with Crippen LogP contribution in [0.4, 0.5) is 0 Å². The molecule has 1 aliphatic rings. The Morgan fingerprint density at radius 2 is 2.11 bits per heavy atom. The van der Waals surface area contributed by atoms with E-state index in [1.165, 1.54) is 24.3 Å². The standard InChI is InChI=1S/C11H13ClN2O3S/c1-8-6-10(17-14-8)7-13-18(15,16)11-4-2-9(12)3-5-11/h2-5,10,13H,6-7H2,1H3/t10-/m0/s1. The van der Waals surface area contributed by atoms with Gasteiger partial charge in [-0.3, -0.25) is 0 Å². The van der Waals surface area contributed by atoms with Gasteiger partial charge in [0.25, 0.3) is 0 Å². The van der Waals surface area contributed by atoms with Crippen molar-refractivity contribution in [3.63, 3.8) is 0 Å². The zero-order valence-corrected chi connectivity index (χ0v) is 11.3. The van der Waals surface area contributed by atoms with E-state index in [2.05, 4.69) is 9.88 Å². The van der Waals surface area contributed by atoms with E-state index in [1.54, 1.807) is 0 Å². The lowest BCUT2D eigenvalue weighted by molar-refractivity contribution is 0.0891. The van der Waals surface area contributed by atoms with Gasteiger partial charge >= 0.3 is 0 Å². The van der Waals surface area contributed by atoms with Gasteiger partial charge in [-0.1, -0.05) is 16.8 Å². The third-order valence-corrected chi connectivity index (χ3v) is 4.20. The summed E-state index contributed by atoms with van der Waals surface area (Å²) in [5, 5.41) is 4.26. The van der Waals surface area contributed by atoms with E-state index in [0.29, 0.717) is 11.4 Å². The highest BCUT2D eigenvalue weighted by Gasteiger charge is 2.21. The zero-order chi connectivity index (χ0) is 13.2. The van der Waals surface area contributed by atoms with E-state index in [4.69, 9.17) is 16.4 Å². The predicted molar refractivity (Wildman–Crippen MR) is 69.2 cm³/mol. The van der Waals surface area contributed by atoms with Gasteiger partial charge in [-0.05, 0) is 31.2 Å². The molecule has 0 saturated carbocycles. The summed E-state index contributed by atoms with van der Waals surface area (Å²) in [5.41, 5.74) is 0.866. The van der Waals surface area contributed by atoms with Gasteiger partial charge in [0.2, 0.25) is 10.0 Å². The maximum Gasteiger partial charge on any atom is 0.240 e. The Kier molecular flexibility index (Phi) is 3.89. The Bertz CT molecular complexity index is 554. The molecular formula is C11H13ClN2O3S. The molecule has 0 fully saturated rings. The molecule has 0 aliphatic carbocycles. The first-order valence-electron chi connectivity index (χ1n) is 5.42. The molecule has 5 nitrogen and oxygen atoms in total. The number of halogens is 1. The molecule has 0 amide bonds. The Morgan fingerprint density at radius 1 is 1.44 bits per heavy atom. The highest BCUT2D eigenvalue weighted by molar-refractivity contribution is 7.89. The van der Waals surface area contributed by atoms with E-state index >= 15 is 0 Å². The fourth-order valence-corrected chi connectivity index (χ4v) is 2.77. The molecule has 1 aromatic carbocycles. The molecule has 0 spiro atoms. The first kappa shape index (κ1) is 13.3. The highest BCUT2D eigenvalue weighted by atomic mass is 35.5. The molecule has 0 aromatic heterocycles. The molecule has 1 heterocycles. The summed E-state index contributed by atoms with van der Waals surface area (Å²) in [4.78, 5) is 5.24. The average molecular weight is 289 g/mol. The van der Waals surface area contributed by atoms with Crippen molar-refractivity contribution in [3.8, 4) is 0 Å². The summed E-state index contributed by atoms with van der Waals surface area (Å²) in [7, 11) is -3.52. The van der Waals surface area contributed by atoms with Crippen LogP contribution < -0.4 is 4.72 Å². The molecule has 0 saturated heterocycles. The van der Waals surface area contributed by atoms with Gasteiger partial charge in [0.15, 0.2) is 0 Å². The summed E-state index contributed by atoms with van der Waals surface area (Å²) in [6.45, 7) is 2.04. The van der Waals surface area contributed by atoms with Crippen LogP contribution in [0.3, 0.4) is 0 Å². The molecule has 0 unspecified atom stereocenters. The average Bonchev–Trinajstić information content (AvgIpc) is 2.73. The van der Waals surface area contributed by atoms with E-state index < -0.39 is 10.0 Å². The number of nitrogens with one attached hydrogen (secondary N) is 1. The minimum atomic E-state index is -3.52. The molecule has 0 bridgehead atoms. The van der Waals surface area contributed by atoms with Crippen LogP contribution in [0.1, 0.15) is 13.3 Å². The number of nitrogens with zero attached hydrogens (tertiary/aromatic N) is 1. The van der Waals surface area contributed by atoms with Gasteiger partial charge < -0.3 is 4.84 Å². The van der Waals surface area contributed by atoms with Crippen molar-refractivity contribution in [1.82, 2.24) is 4.72 Å². The van der Waals surface area contributed by atoms with Crippen molar-refractivity contribution in [1.29, 1.82) is 0 Å². The minimum Gasteiger partial charge on any atom is -0.391 e. The molecule has 2 rings (SSSR count). The van der Waals surface area contributed by atoms with Crippen molar-refractivity contribution in [2.24, 2.45) is 5.16 Å². The number of benzene rings is 1. The second-order valence-corrected chi connectivity index (χ2v) is 6.27. The van der Waals surface area contributed by atoms with Crippen LogP contribution in [0.15, 0.2) is 34.3 Å². The smallest absolute Gasteiger partial charge is 0.240 e. The summed E-state index contributed by atoms with van der Waals surface area (Å²) in [6, 6.07) is 5.99. The van der Waals surface area contributed by atoms with Crippen LogP contribution in [0.25, 0.3) is 0 Å². The number of sulfonamides is 1. The van der Waals surface area contributed by atoms with Gasteiger partial charge in [-0.25, -0.2) is 13.1 Å². The second-order valence-electron chi connectivity index (χ2n) is 4.06. The Hall–Kier alpha value is -1.11. The summed E-state index contributed by atoms with van der Waals surface area (Å²) in [5.74, 6) is 0. The molecule has 1 aromatic rings. The lowest BCUT2D eigenvalue weighted by Gasteiger charge is -2.10. The number of hydrogen-bond donors (Lipinski definition) is 1. The first-order valence-corrected chi connectivity index (χ1v) is 7.28. The molecular weight excluding hydrogens is 276 g/mol. The van der Waals surface area contributed by atoms with Crippen LogP contribution in [0.5, 0.6) is 0 Å². The van der Waals surface area contributed by atoms with Crippen LogP contribution >= 0.6 is 11.6 Å². The molecule has 7 heteroatoms. The quantitative estimate of drug-likeness (QED) is 0.918. The van der Waals surface area contributed by atoms with Crippen molar-refractivity contribution < 1.29 is 13.3 Å².